The molecule has 0 heterocycles. The van der Waals surface area contributed by atoms with Gasteiger partial charge in [-0.25, -0.2) is 0 Å². The zero-order valence-electron chi connectivity index (χ0n) is 11.5. The molecule has 0 fully saturated rings. The number of terminal acetylenes is 1. The van der Waals surface area contributed by atoms with Crippen LogP contribution < -0.4 is 5.32 Å². The molecule has 0 aliphatic rings. The Balaban J connectivity index is 4.50. The largest absolute Gasteiger partial charge is 0.379 e. The molecular weight excluding hydrogens is 198 g/mol. The van der Waals surface area contributed by atoms with Gasteiger partial charge in [0.25, 0.3) is 0 Å². The number of hydrogen-bond donors (Lipinski definition) is 1. The van der Waals surface area contributed by atoms with Gasteiger partial charge in [-0.3, -0.25) is 0 Å². The molecule has 0 aromatic carbocycles. The molecule has 0 aromatic rings. The lowest BCUT2D eigenvalue weighted by molar-refractivity contribution is -0.0127. The first-order valence-electron chi connectivity index (χ1n) is 6.17. The maximum absolute atomic E-state index is 5.64. The van der Waals surface area contributed by atoms with E-state index in [4.69, 9.17) is 11.2 Å². The van der Waals surface area contributed by atoms with Gasteiger partial charge in [0.15, 0.2) is 0 Å². The number of ether oxygens (including phenoxy) is 1. The van der Waals surface area contributed by atoms with E-state index in [1.54, 1.807) is 7.11 Å². The average molecular weight is 225 g/mol. The summed E-state index contributed by atoms with van der Waals surface area (Å²) in [6, 6.07) is 0.348. The van der Waals surface area contributed by atoms with E-state index in [9.17, 15) is 0 Å². The average Bonchev–Trinajstić information content (AvgIpc) is 2.20. The van der Waals surface area contributed by atoms with Crippen molar-refractivity contribution >= 4 is 0 Å². The third-order valence-electron chi connectivity index (χ3n) is 2.73. The third kappa shape index (κ3) is 5.53. The third-order valence-corrected chi connectivity index (χ3v) is 2.73. The highest BCUT2D eigenvalue weighted by Gasteiger charge is 2.31. The molecule has 16 heavy (non-hydrogen) atoms. The van der Waals surface area contributed by atoms with E-state index in [-0.39, 0.29) is 11.5 Å². The Morgan fingerprint density at radius 1 is 1.38 bits per heavy atom. The Kier molecular flexibility index (Phi) is 7.45. The van der Waals surface area contributed by atoms with Crippen LogP contribution in [-0.4, -0.2) is 25.8 Å². The van der Waals surface area contributed by atoms with Gasteiger partial charge in [-0.2, -0.15) is 0 Å². The van der Waals surface area contributed by atoms with Crippen LogP contribution in [-0.2, 0) is 4.74 Å². The van der Waals surface area contributed by atoms with E-state index in [0.29, 0.717) is 6.04 Å². The number of nitrogens with one attached hydrogen (secondary N) is 1. The fraction of sp³-hybridized carbons (Fsp3) is 0.857. The second-order valence-electron chi connectivity index (χ2n) is 5.33. The van der Waals surface area contributed by atoms with Crippen molar-refractivity contribution < 1.29 is 4.74 Å². The molecule has 0 aliphatic carbocycles. The van der Waals surface area contributed by atoms with Crippen LogP contribution in [0.1, 0.15) is 47.0 Å². The topological polar surface area (TPSA) is 21.3 Å². The van der Waals surface area contributed by atoms with Crippen LogP contribution in [0.25, 0.3) is 0 Å². The molecule has 0 saturated heterocycles. The summed E-state index contributed by atoms with van der Waals surface area (Å²) < 4.78 is 5.64. The normalized spacial score (nSPS) is 15.5. The Labute approximate surface area is 101 Å². The first kappa shape index (κ1) is 15.5. The highest BCUT2D eigenvalue weighted by molar-refractivity contribution is 4.91. The van der Waals surface area contributed by atoms with E-state index in [2.05, 4.69) is 38.9 Å². The predicted molar refractivity (Wildman–Crippen MR) is 70.4 cm³/mol. The molecule has 0 amide bonds. The summed E-state index contributed by atoms with van der Waals surface area (Å²) >= 11 is 0. The first-order chi connectivity index (χ1) is 7.47. The van der Waals surface area contributed by atoms with Gasteiger partial charge in [0.1, 0.15) is 0 Å². The van der Waals surface area contributed by atoms with Crippen molar-refractivity contribution in [2.75, 3.05) is 13.7 Å². The summed E-state index contributed by atoms with van der Waals surface area (Å²) in [7, 11) is 1.78. The maximum Gasteiger partial charge on any atom is 0.0772 e. The molecule has 2 heteroatoms. The molecule has 0 aromatic heterocycles. The van der Waals surface area contributed by atoms with E-state index in [1.807, 2.05) is 0 Å². The van der Waals surface area contributed by atoms with Crippen LogP contribution in [0.15, 0.2) is 0 Å². The fourth-order valence-corrected chi connectivity index (χ4v) is 2.05. The minimum Gasteiger partial charge on any atom is -0.379 e. The molecule has 0 aliphatic heterocycles. The zero-order chi connectivity index (χ0) is 12.6. The van der Waals surface area contributed by atoms with Gasteiger partial charge in [-0.15, -0.1) is 12.3 Å². The molecule has 2 nitrogen and oxygen atoms in total. The second-order valence-corrected chi connectivity index (χ2v) is 5.33. The monoisotopic (exact) mass is 225 g/mol. The Hall–Kier alpha value is -0.520. The minimum atomic E-state index is 0.134. The molecule has 0 spiro atoms. The predicted octanol–water partition coefficient (Wildman–Crippen LogP) is 2.83. The van der Waals surface area contributed by atoms with Crippen molar-refractivity contribution in [3.8, 4) is 12.3 Å². The molecule has 0 radical (unpaired) electrons. The van der Waals surface area contributed by atoms with Gasteiger partial charge in [0, 0.05) is 19.6 Å². The van der Waals surface area contributed by atoms with Crippen molar-refractivity contribution in [1.29, 1.82) is 0 Å². The van der Waals surface area contributed by atoms with E-state index >= 15 is 0 Å². The van der Waals surface area contributed by atoms with Crippen LogP contribution in [0.2, 0.25) is 0 Å². The molecule has 0 rings (SSSR count). The molecule has 0 saturated carbocycles. The molecule has 2 unspecified atom stereocenters. The lowest BCUT2D eigenvalue weighted by Crippen LogP contribution is -2.47. The van der Waals surface area contributed by atoms with Gasteiger partial charge in [0.05, 0.1) is 6.10 Å². The highest BCUT2D eigenvalue weighted by Crippen LogP contribution is 2.26. The van der Waals surface area contributed by atoms with Crippen LogP contribution in [0.5, 0.6) is 0 Å². The van der Waals surface area contributed by atoms with Crippen molar-refractivity contribution in [2.45, 2.75) is 59.1 Å². The smallest absolute Gasteiger partial charge is 0.0772 e. The maximum atomic E-state index is 5.64. The summed E-state index contributed by atoms with van der Waals surface area (Å²) in [5, 5.41) is 3.54. The summed E-state index contributed by atoms with van der Waals surface area (Å²) in [6.45, 7) is 9.81. The van der Waals surface area contributed by atoms with Crippen LogP contribution in [0.4, 0.5) is 0 Å². The minimum absolute atomic E-state index is 0.134. The summed E-state index contributed by atoms with van der Waals surface area (Å²) in [6.07, 6.45) is 8.45. The molecule has 2 atom stereocenters. The van der Waals surface area contributed by atoms with Gasteiger partial charge >= 0.3 is 0 Å². The lowest BCUT2D eigenvalue weighted by Gasteiger charge is -2.36. The Morgan fingerprint density at radius 3 is 2.38 bits per heavy atom. The van der Waals surface area contributed by atoms with Crippen LogP contribution in [0, 0.1) is 17.8 Å². The Bertz CT molecular complexity index is 212. The zero-order valence-corrected chi connectivity index (χ0v) is 11.5. The molecule has 0 bridgehead atoms. The van der Waals surface area contributed by atoms with Gasteiger partial charge in [0.2, 0.25) is 0 Å². The summed E-state index contributed by atoms with van der Waals surface area (Å²) in [5.74, 6) is 2.71. The quantitative estimate of drug-likeness (QED) is 0.673. The standard InChI is InChI=1S/C14H27NO/c1-7-9-10-12(15-11-8-2)13(16-6)14(3,4)5/h1,12-13,15H,8-11H2,2-6H3. The van der Waals surface area contributed by atoms with Gasteiger partial charge in [-0.05, 0) is 24.8 Å². The number of hydrogen-bond acceptors (Lipinski definition) is 2. The van der Waals surface area contributed by atoms with Crippen molar-refractivity contribution in [3.05, 3.63) is 0 Å². The van der Waals surface area contributed by atoms with E-state index in [1.165, 1.54) is 0 Å². The number of methoxy groups -OCH3 is 1. The second kappa shape index (κ2) is 7.70. The first-order valence-corrected chi connectivity index (χ1v) is 6.17. The van der Waals surface area contributed by atoms with Crippen molar-refractivity contribution in [3.63, 3.8) is 0 Å². The molecular formula is C14H27NO. The van der Waals surface area contributed by atoms with Crippen LogP contribution in [0.3, 0.4) is 0 Å². The molecule has 94 valence electrons. The van der Waals surface area contributed by atoms with Crippen LogP contribution >= 0.6 is 0 Å². The SMILES string of the molecule is C#CCCC(NCCC)C(OC)C(C)(C)C. The lowest BCUT2D eigenvalue weighted by atomic mass is 9.83. The number of rotatable bonds is 7. The Morgan fingerprint density at radius 2 is 2.00 bits per heavy atom. The van der Waals surface area contributed by atoms with Crippen molar-refractivity contribution in [1.82, 2.24) is 5.32 Å². The van der Waals surface area contributed by atoms with E-state index < -0.39 is 0 Å². The summed E-state index contributed by atoms with van der Waals surface area (Å²) in [4.78, 5) is 0. The van der Waals surface area contributed by atoms with Crippen molar-refractivity contribution in [2.24, 2.45) is 5.41 Å². The summed E-state index contributed by atoms with van der Waals surface area (Å²) in [5.41, 5.74) is 0.134. The fourth-order valence-electron chi connectivity index (χ4n) is 2.05. The van der Waals surface area contributed by atoms with Gasteiger partial charge in [-0.1, -0.05) is 27.7 Å². The molecule has 1 N–H and O–H groups in total. The van der Waals surface area contributed by atoms with Gasteiger partial charge < -0.3 is 10.1 Å². The highest BCUT2D eigenvalue weighted by atomic mass is 16.5. The van der Waals surface area contributed by atoms with E-state index in [0.717, 1.165) is 25.8 Å².